The molecule has 0 unspecified atom stereocenters. The normalized spacial score (nSPS) is 15.2. The van der Waals surface area contributed by atoms with Crippen LogP contribution in [0.1, 0.15) is 16.7 Å². The maximum Gasteiger partial charge on any atom is 0.335 e. The SMILES string of the molecule is Cc1ccc(N2C(=O)NC(=O)C(=Cc3cn(Cc4ccc(Cl)c(Cl)c4)c4ccccc34)C2=O)cc1Cl. The van der Waals surface area contributed by atoms with Crippen molar-refractivity contribution in [2.75, 3.05) is 4.90 Å². The van der Waals surface area contributed by atoms with Crippen LogP contribution in [-0.2, 0) is 16.1 Å². The Morgan fingerprint density at radius 1 is 0.889 bits per heavy atom. The molecule has 1 N–H and O–H groups in total. The summed E-state index contributed by atoms with van der Waals surface area (Å²) in [6, 6.07) is 17.1. The number of carbonyl (C=O) groups excluding carboxylic acids is 3. The summed E-state index contributed by atoms with van der Waals surface area (Å²) < 4.78 is 2.00. The highest BCUT2D eigenvalue weighted by atomic mass is 35.5. The number of aryl methyl sites for hydroxylation is 1. The number of aromatic nitrogens is 1. The summed E-state index contributed by atoms with van der Waals surface area (Å²) in [4.78, 5) is 39.5. The van der Waals surface area contributed by atoms with E-state index in [0.717, 1.165) is 26.9 Å². The van der Waals surface area contributed by atoms with Gasteiger partial charge in [-0.1, -0.05) is 65.1 Å². The molecule has 0 radical (unpaired) electrons. The van der Waals surface area contributed by atoms with Crippen molar-refractivity contribution < 1.29 is 14.4 Å². The first-order valence-corrected chi connectivity index (χ1v) is 12.1. The van der Waals surface area contributed by atoms with E-state index in [4.69, 9.17) is 34.8 Å². The van der Waals surface area contributed by atoms with Crippen molar-refractivity contribution >= 4 is 75.3 Å². The summed E-state index contributed by atoms with van der Waals surface area (Å²) in [5.41, 5.74) is 3.39. The van der Waals surface area contributed by atoms with E-state index in [1.54, 1.807) is 24.3 Å². The van der Waals surface area contributed by atoms with E-state index in [0.29, 0.717) is 27.2 Å². The standard InChI is InChI=1S/C27H18Cl3N3O3/c1-15-6-8-18(12-22(15)29)33-26(35)20(25(34)31-27(33)36)11-17-14-32(24-5-3-2-4-19(17)24)13-16-7-9-21(28)23(30)10-16/h2-12,14H,13H2,1H3,(H,31,34,36). The van der Waals surface area contributed by atoms with E-state index in [9.17, 15) is 14.4 Å². The summed E-state index contributed by atoms with van der Waals surface area (Å²) in [6.07, 6.45) is 3.35. The fourth-order valence-electron chi connectivity index (χ4n) is 4.12. The van der Waals surface area contributed by atoms with Crippen molar-refractivity contribution in [3.8, 4) is 0 Å². The monoisotopic (exact) mass is 537 g/mol. The summed E-state index contributed by atoms with van der Waals surface area (Å²) in [6.45, 7) is 2.31. The third-order valence-corrected chi connectivity index (χ3v) is 7.12. The molecule has 3 aromatic carbocycles. The molecule has 0 bridgehead atoms. The smallest absolute Gasteiger partial charge is 0.335 e. The Labute approximate surface area is 221 Å². The van der Waals surface area contributed by atoms with Gasteiger partial charge in [-0.15, -0.1) is 0 Å². The number of fused-ring (bicyclic) bond motifs is 1. The highest BCUT2D eigenvalue weighted by Gasteiger charge is 2.37. The molecule has 4 aromatic rings. The molecule has 1 fully saturated rings. The average molecular weight is 539 g/mol. The van der Waals surface area contributed by atoms with Gasteiger partial charge in [-0.3, -0.25) is 14.9 Å². The number of halogens is 3. The van der Waals surface area contributed by atoms with Crippen LogP contribution in [0.15, 0.2) is 72.4 Å². The predicted molar refractivity (Wildman–Crippen MR) is 143 cm³/mol. The molecule has 1 saturated heterocycles. The van der Waals surface area contributed by atoms with Gasteiger partial charge >= 0.3 is 6.03 Å². The third-order valence-electron chi connectivity index (χ3n) is 5.97. The molecule has 6 nitrogen and oxygen atoms in total. The zero-order valence-corrected chi connectivity index (χ0v) is 21.2. The van der Waals surface area contributed by atoms with Crippen LogP contribution in [0.4, 0.5) is 10.5 Å². The fourth-order valence-corrected chi connectivity index (χ4v) is 4.62. The topological polar surface area (TPSA) is 71.4 Å². The van der Waals surface area contributed by atoms with Gasteiger partial charge in [-0.25, -0.2) is 9.69 Å². The minimum Gasteiger partial charge on any atom is -0.342 e. The number of imide groups is 2. The zero-order valence-electron chi connectivity index (χ0n) is 18.9. The first-order valence-electron chi connectivity index (χ1n) is 10.9. The number of nitrogens with zero attached hydrogens (tertiary/aromatic N) is 2. The first kappa shape index (κ1) is 24.1. The lowest BCUT2D eigenvalue weighted by Gasteiger charge is -2.26. The van der Waals surface area contributed by atoms with Crippen LogP contribution in [0.5, 0.6) is 0 Å². The quantitative estimate of drug-likeness (QED) is 0.234. The summed E-state index contributed by atoms with van der Waals surface area (Å²) in [7, 11) is 0. The number of nitrogens with one attached hydrogen (secondary N) is 1. The molecular weight excluding hydrogens is 521 g/mol. The molecule has 0 saturated carbocycles. The van der Waals surface area contributed by atoms with Crippen LogP contribution in [0, 0.1) is 6.92 Å². The van der Waals surface area contributed by atoms with Gasteiger partial charge < -0.3 is 4.57 Å². The highest BCUT2D eigenvalue weighted by molar-refractivity contribution is 6.42. The number of anilines is 1. The van der Waals surface area contributed by atoms with E-state index in [2.05, 4.69) is 5.32 Å². The van der Waals surface area contributed by atoms with Crippen LogP contribution in [0.3, 0.4) is 0 Å². The maximum atomic E-state index is 13.3. The van der Waals surface area contributed by atoms with Crippen LogP contribution in [0.25, 0.3) is 17.0 Å². The van der Waals surface area contributed by atoms with E-state index >= 15 is 0 Å². The Morgan fingerprint density at radius 2 is 1.67 bits per heavy atom. The molecule has 2 heterocycles. The number of benzene rings is 3. The number of hydrogen-bond donors (Lipinski definition) is 1. The third kappa shape index (κ3) is 4.39. The molecule has 180 valence electrons. The first-order chi connectivity index (χ1) is 17.2. The van der Waals surface area contributed by atoms with Gasteiger partial charge in [0.15, 0.2) is 0 Å². The van der Waals surface area contributed by atoms with E-state index in [1.165, 1.54) is 12.1 Å². The lowest BCUT2D eigenvalue weighted by molar-refractivity contribution is -0.122. The zero-order chi connectivity index (χ0) is 25.6. The lowest BCUT2D eigenvalue weighted by Crippen LogP contribution is -2.54. The molecule has 5 rings (SSSR count). The number of amides is 4. The largest absolute Gasteiger partial charge is 0.342 e. The van der Waals surface area contributed by atoms with Crippen LogP contribution in [-0.4, -0.2) is 22.4 Å². The van der Waals surface area contributed by atoms with Crippen LogP contribution >= 0.6 is 34.8 Å². The van der Waals surface area contributed by atoms with Crippen LogP contribution < -0.4 is 10.2 Å². The van der Waals surface area contributed by atoms with E-state index in [-0.39, 0.29) is 11.3 Å². The molecule has 36 heavy (non-hydrogen) atoms. The van der Waals surface area contributed by atoms with Crippen molar-refractivity contribution in [1.82, 2.24) is 9.88 Å². The van der Waals surface area contributed by atoms with Gasteiger partial charge in [0.1, 0.15) is 5.57 Å². The summed E-state index contributed by atoms with van der Waals surface area (Å²) in [5.74, 6) is -1.49. The van der Waals surface area contributed by atoms with Gasteiger partial charge in [-0.2, -0.15) is 0 Å². The second-order valence-electron chi connectivity index (χ2n) is 8.37. The summed E-state index contributed by atoms with van der Waals surface area (Å²) >= 11 is 18.4. The summed E-state index contributed by atoms with van der Waals surface area (Å²) in [5, 5.41) is 4.42. The van der Waals surface area contributed by atoms with Crippen molar-refractivity contribution in [2.24, 2.45) is 0 Å². The molecule has 0 spiro atoms. The van der Waals surface area contributed by atoms with Crippen molar-refractivity contribution in [3.63, 3.8) is 0 Å². The molecule has 1 aliphatic heterocycles. The Kier molecular flexibility index (Phi) is 6.35. The van der Waals surface area contributed by atoms with Gasteiger partial charge in [-0.05, 0) is 54.5 Å². The molecule has 9 heteroatoms. The maximum absolute atomic E-state index is 13.3. The van der Waals surface area contributed by atoms with E-state index in [1.807, 2.05) is 48.0 Å². The Bertz CT molecular complexity index is 1610. The van der Waals surface area contributed by atoms with Gasteiger partial charge in [0, 0.05) is 34.2 Å². The Balaban J connectivity index is 1.56. The Hall–Kier alpha value is -3.58. The molecule has 0 aliphatic carbocycles. The highest BCUT2D eigenvalue weighted by Crippen LogP contribution is 2.30. The van der Waals surface area contributed by atoms with Gasteiger partial charge in [0.25, 0.3) is 11.8 Å². The molecule has 0 atom stereocenters. The number of rotatable bonds is 4. The van der Waals surface area contributed by atoms with Crippen molar-refractivity contribution in [2.45, 2.75) is 13.5 Å². The predicted octanol–water partition coefficient (Wildman–Crippen LogP) is 6.62. The fraction of sp³-hybridized carbons (Fsp3) is 0.0741. The number of carbonyl (C=O) groups is 3. The molecule has 4 amide bonds. The van der Waals surface area contributed by atoms with Crippen molar-refractivity contribution in [1.29, 1.82) is 0 Å². The Morgan fingerprint density at radius 3 is 2.42 bits per heavy atom. The number of hydrogen-bond acceptors (Lipinski definition) is 3. The molecule has 1 aliphatic rings. The number of urea groups is 1. The van der Waals surface area contributed by atoms with Crippen LogP contribution in [0.2, 0.25) is 15.1 Å². The van der Waals surface area contributed by atoms with Crippen molar-refractivity contribution in [3.05, 3.63) is 104 Å². The lowest BCUT2D eigenvalue weighted by atomic mass is 10.1. The van der Waals surface area contributed by atoms with Gasteiger partial charge in [0.05, 0.1) is 15.7 Å². The molecule has 1 aromatic heterocycles. The second-order valence-corrected chi connectivity index (χ2v) is 9.59. The minimum atomic E-state index is -0.830. The second kappa shape index (κ2) is 9.47. The minimum absolute atomic E-state index is 0.163. The number of para-hydroxylation sites is 1. The van der Waals surface area contributed by atoms with E-state index < -0.39 is 17.8 Å². The van der Waals surface area contributed by atoms with Gasteiger partial charge in [0.2, 0.25) is 0 Å². The average Bonchev–Trinajstić information content (AvgIpc) is 3.18. The molecular formula is C27H18Cl3N3O3. The number of barbiturate groups is 1.